The van der Waals surface area contributed by atoms with Gasteiger partial charge >= 0.3 is 0 Å². The number of nitrogens with zero attached hydrogens (tertiary/aromatic N) is 2. The molecule has 0 atom stereocenters. The molecule has 0 unspecified atom stereocenters. The third kappa shape index (κ3) is 2.43. The highest BCUT2D eigenvalue weighted by Gasteiger charge is 2.04. The summed E-state index contributed by atoms with van der Waals surface area (Å²) >= 11 is 0. The van der Waals surface area contributed by atoms with Crippen molar-refractivity contribution in [3.05, 3.63) is 36.0 Å². The molecular formula is C14H18N2. The molecule has 0 bridgehead atoms. The first-order chi connectivity index (χ1) is 7.78. The molecule has 0 aliphatic rings. The summed E-state index contributed by atoms with van der Waals surface area (Å²) in [5.41, 5.74) is 1.90. The number of fused-ring (bicyclic) bond motifs is 1. The fraction of sp³-hybridized carbons (Fsp3) is 0.357. The topological polar surface area (TPSA) is 28.7 Å². The summed E-state index contributed by atoms with van der Waals surface area (Å²) < 4.78 is 2.09. The molecule has 1 heterocycles. The lowest BCUT2D eigenvalue weighted by atomic mass is 10.2. The van der Waals surface area contributed by atoms with Crippen molar-refractivity contribution >= 4 is 10.9 Å². The standard InChI is InChI=1S/C11H10N2.C3H8/c1-2-13-8-9(7-12)10-5-3-4-6-11(10)13;1-3-2/h3-6,8H,2H2,1H3;3H2,1-2H3. The number of hydrogen-bond acceptors (Lipinski definition) is 1. The van der Waals surface area contributed by atoms with E-state index in [4.69, 9.17) is 5.26 Å². The first-order valence-electron chi connectivity index (χ1n) is 5.76. The van der Waals surface area contributed by atoms with Gasteiger partial charge < -0.3 is 4.57 Å². The Morgan fingerprint density at radius 3 is 2.38 bits per heavy atom. The van der Waals surface area contributed by atoms with Gasteiger partial charge in [0, 0.05) is 23.6 Å². The average Bonchev–Trinajstić information content (AvgIpc) is 2.68. The van der Waals surface area contributed by atoms with Gasteiger partial charge in [0.1, 0.15) is 6.07 Å². The number of rotatable bonds is 1. The molecule has 0 aliphatic heterocycles. The molecule has 16 heavy (non-hydrogen) atoms. The molecule has 0 radical (unpaired) electrons. The second-order valence-electron chi connectivity index (χ2n) is 3.66. The van der Waals surface area contributed by atoms with Crippen molar-refractivity contribution in [2.75, 3.05) is 0 Å². The van der Waals surface area contributed by atoms with Gasteiger partial charge in [-0.3, -0.25) is 0 Å². The Bertz CT molecular complexity index is 489. The lowest BCUT2D eigenvalue weighted by Gasteiger charge is -1.97. The summed E-state index contributed by atoms with van der Waals surface area (Å²) in [7, 11) is 0. The van der Waals surface area contributed by atoms with Crippen molar-refractivity contribution in [2.45, 2.75) is 33.7 Å². The van der Waals surface area contributed by atoms with Crippen LogP contribution in [0, 0.1) is 11.3 Å². The number of aromatic nitrogens is 1. The minimum Gasteiger partial charge on any atom is -0.346 e. The van der Waals surface area contributed by atoms with E-state index in [2.05, 4.69) is 31.4 Å². The number of benzene rings is 1. The predicted molar refractivity (Wildman–Crippen MR) is 68.3 cm³/mol. The zero-order valence-electron chi connectivity index (χ0n) is 10.2. The highest BCUT2D eigenvalue weighted by molar-refractivity contribution is 5.86. The number of nitriles is 1. The van der Waals surface area contributed by atoms with Crippen LogP contribution in [0.1, 0.15) is 32.8 Å². The Morgan fingerprint density at radius 1 is 1.19 bits per heavy atom. The van der Waals surface area contributed by atoms with Gasteiger partial charge in [-0.1, -0.05) is 38.5 Å². The van der Waals surface area contributed by atoms with Crippen LogP contribution in [0.15, 0.2) is 30.5 Å². The maximum atomic E-state index is 8.88. The minimum absolute atomic E-state index is 0.762. The van der Waals surface area contributed by atoms with E-state index in [0.717, 1.165) is 23.0 Å². The van der Waals surface area contributed by atoms with Crippen LogP contribution >= 0.6 is 0 Å². The average molecular weight is 214 g/mol. The summed E-state index contributed by atoms with van der Waals surface area (Å²) in [6, 6.07) is 10.2. The monoisotopic (exact) mass is 214 g/mol. The Hall–Kier alpha value is -1.75. The maximum absolute atomic E-state index is 8.88. The van der Waals surface area contributed by atoms with E-state index in [-0.39, 0.29) is 0 Å². The second kappa shape index (κ2) is 5.97. The van der Waals surface area contributed by atoms with Gasteiger partial charge in [-0.25, -0.2) is 0 Å². The van der Waals surface area contributed by atoms with E-state index < -0.39 is 0 Å². The van der Waals surface area contributed by atoms with Crippen LogP contribution in [0.4, 0.5) is 0 Å². The van der Waals surface area contributed by atoms with E-state index >= 15 is 0 Å². The molecule has 0 saturated heterocycles. The Morgan fingerprint density at radius 2 is 1.81 bits per heavy atom. The second-order valence-corrected chi connectivity index (χ2v) is 3.66. The zero-order valence-corrected chi connectivity index (χ0v) is 10.2. The largest absolute Gasteiger partial charge is 0.346 e. The van der Waals surface area contributed by atoms with Crippen LogP contribution in [-0.4, -0.2) is 4.57 Å². The van der Waals surface area contributed by atoms with Crippen molar-refractivity contribution in [1.29, 1.82) is 5.26 Å². The predicted octanol–water partition coefficient (Wildman–Crippen LogP) is 3.95. The van der Waals surface area contributed by atoms with Crippen LogP contribution < -0.4 is 0 Å². The molecule has 2 nitrogen and oxygen atoms in total. The highest BCUT2D eigenvalue weighted by atomic mass is 14.9. The van der Waals surface area contributed by atoms with E-state index in [1.807, 2.05) is 30.5 Å². The normalized spacial score (nSPS) is 9.38. The van der Waals surface area contributed by atoms with Crippen molar-refractivity contribution in [2.24, 2.45) is 0 Å². The number of para-hydroxylation sites is 1. The molecule has 2 rings (SSSR count). The molecular weight excluding hydrogens is 196 g/mol. The van der Waals surface area contributed by atoms with Crippen LogP contribution in [0.2, 0.25) is 0 Å². The van der Waals surface area contributed by atoms with Gasteiger partial charge in [0.05, 0.1) is 5.56 Å². The quantitative estimate of drug-likeness (QED) is 0.706. The van der Waals surface area contributed by atoms with Crippen molar-refractivity contribution in [1.82, 2.24) is 4.57 Å². The van der Waals surface area contributed by atoms with E-state index in [0.29, 0.717) is 0 Å². The summed E-state index contributed by atoms with van der Waals surface area (Å²) in [5.74, 6) is 0. The van der Waals surface area contributed by atoms with Gasteiger partial charge in [-0.05, 0) is 13.0 Å². The Labute approximate surface area is 97.1 Å². The lowest BCUT2D eigenvalue weighted by Crippen LogP contribution is -1.89. The molecule has 0 amide bonds. The highest BCUT2D eigenvalue weighted by Crippen LogP contribution is 2.19. The Balaban J connectivity index is 0.000000386. The minimum atomic E-state index is 0.762. The summed E-state index contributed by atoms with van der Waals surface area (Å²) in [5, 5.41) is 9.93. The third-order valence-corrected chi connectivity index (χ3v) is 2.25. The molecule has 0 saturated carbocycles. The van der Waals surface area contributed by atoms with Crippen LogP contribution in [0.3, 0.4) is 0 Å². The van der Waals surface area contributed by atoms with E-state index in [9.17, 15) is 0 Å². The first kappa shape index (κ1) is 12.3. The van der Waals surface area contributed by atoms with Gasteiger partial charge in [0.25, 0.3) is 0 Å². The van der Waals surface area contributed by atoms with Gasteiger partial charge in [-0.2, -0.15) is 5.26 Å². The molecule has 2 aromatic rings. The fourth-order valence-electron chi connectivity index (χ4n) is 1.60. The van der Waals surface area contributed by atoms with E-state index in [1.165, 1.54) is 6.42 Å². The van der Waals surface area contributed by atoms with Gasteiger partial charge in [0.15, 0.2) is 0 Å². The van der Waals surface area contributed by atoms with Crippen LogP contribution in [0.5, 0.6) is 0 Å². The van der Waals surface area contributed by atoms with Crippen molar-refractivity contribution < 1.29 is 0 Å². The van der Waals surface area contributed by atoms with E-state index in [1.54, 1.807) is 0 Å². The van der Waals surface area contributed by atoms with Crippen LogP contribution in [0.25, 0.3) is 10.9 Å². The molecule has 2 heteroatoms. The smallest absolute Gasteiger partial charge is 0.101 e. The molecule has 0 spiro atoms. The van der Waals surface area contributed by atoms with Gasteiger partial charge in [0.2, 0.25) is 0 Å². The fourth-order valence-corrected chi connectivity index (χ4v) is 1.60. The van der Waals surface area contributed by atoms with Crippen molar-refractivity contribution in [3.8, 4) is 6.07 Å². The molecule has 1 aromatic heterocycles. The lowest BCUT2D eigenvalue weighted by molar-refractivity contribution is 0.797. The molecule has 84 valence electrons. The zero-order chi connectivity index (χ0) is 12.0. The third-order valence-electron chi connectivity index (χ3n) is 2.25. The molecule has 1 aromatic carbocycles. The summed E-state index contributed by atoms with van der Waals surface area (Å²) in [4.78, 5) is 0. The number of aryl methyl sites for hydroxylation is 1. The first-order valence-corrected chi connectivity index (χ1v) is 5.76. The molecule has 0 aliphatic carbocycles. The maximum Gasteiger partial charge on any atom is 0.101 e. The van der Waals surface area contributed by atoms with Crippen molar-refractivity contribution in [3.63, 3.8) is 0 Å². The number of hydrogen-bond donors (Lipinski definition) is 0. The molecule has 0 N–H and O–H groups in total. The summed E-state index contributed by atoms with van der Waals surface area (Å²) in [6.07, 6.45) is 3.16. The van der Waals surface area contributed by atoms with Crippen LogP contribution in [-0.2, 0) is 6.54 Å². The molecule has 0 fully saturated rings. The summed E-state index contributed by atoms with van der Waals surface area (Å²) in [6.45, 7) is 7.23. The SMILES string of the molecule is CCC.CCn1cc(C#N)c2ccccc21. The Kier molecular flexibility index (Phi) is 4.60. The van der Waals surface area contributed by atoms with Gasteiger partial charge in [-0.15, -0.1) is 0 Å².